The lowest BCUT2D eigenvalue weighted by Crippen LogP contribution is -2.25. The second-order valence-corrected chi connectivity index (χ2v) is 4.51. The molecule has 2 heterocycles. The van der Waals surface area contributed by atoms with Gasteiger partial charge in [0.1, 0.15) is 11.0 Å². The molecule has 3 nitrogen and oxygen atoms in total. The Labute approximate surface area is 89.3 Å². The summed E-state index contributed by atoms with van der Waals surface area (Å²) in [5.41, 5.74) is 5.82. The largest absolute Gasteiger partial charge is 0.328 e. The van der Waals surface area contributed by atoms with Gasteiger partial charge in [-0.1, -0.05) is 11.6 Å². The van der Waals surface area contributed by atoms with Gasteiger partial charge in [-0.3, -0.25) is 0 Å². The highest BCUT2D eigenvalue weighted by molar-refractivity contribution is 6.29. The maximum atomic E-state index is 6.10. The minimum atomic E-state index is 0.226. The Balaban J connectivity index is 2.25. The molecule has 1 aliphatic heterocycles. The van der Waals surface area contributed by atoms with Gasteiger partial charge in [0.2, 0.25) is 0 Å². The zero-order chi connectivity index (χ0) is 10.1. The van der Waals surface area contributed by atoms with Gasteiger partial charge >= 0.3 is 0 Å². The average Bonchev–Trinajstić information content (AvgIpc) is 2.48. The van der Waals surface area contributed by atoms with Crippen molar-refractivity contribution in [3.63, 3.8) is 0 Å². The van der Waals surface area contributed by atoms with Crippen LogP contribution >= 0.6 is 11.6 Å². The molecule has 0 aliphatic carbocycles. The lowest BCUT2D eigenvalue weighted by molar-refractivity contribution is 0.356. The Morgan fingerprint density at radius 1 is 1.79 bits per heavy atom. The lowest BCUT2D eigenvalue weighted by atomic mass is 9.99. The van der Waals surface area contributed by atoms with E-state index in [4.69, 9.17) is 17.3 Å². The topological polar surface area (TPSA) is 43.8 Å². The predicted octanol–water partition coefficient (Wildman–Crippen LogP) is 2.15. The van der Waals surface area contributed by atoms with Crippen LogP contribution in [0.3, 0.4) is 0 Å². The zero-order valence-corrected chi connectivity index (χ0v) is 9.17. The molecule has 78 valence electrons. The molecule has 1 aliphatic rings. The molecular formula is C10H16ClN3. The number of fused-ring (bicyclic) bond motifs is 1. The minimum Gasteiger partial charge on any atom is -0.328 e. The summed E-state index contributed by atoms with van der Waals surface area (Å²) in [7, 11) is 0. The van der Waals surface area contributed by atoms with Gasteiger partial charge < -0.3 is 10.3 Å². The second-order valence-electron chi connectivity index (χ2n) is 4.13. The third-order valence-corrected chi connectivity index (χ3v) is 3.05. The van der Waals surface area contributed by atoms with Crippen LogP contribution in [0.5, 0.6) is 0 Å². The van der Waals surface area contributed by atoms with E-state index < -0.39 is 0 Å². The molecule has 0 fully saturated rings. The molecule has 2 unspecified atom stereocenters. The summed E-state index contributed by atoms with van der Waals surface area (Å²) < 4.78 is 2.15. The fraction of sp³-hybridized carbons (Fsp3) is 0.700. The molecule has 2 rings (SSSR count). The summed E-state index contributed by atoms with van der Waals surface area (Å²) in [5.74, 6) is 1.12. The minimum absolute atomic E-state index is 0.226. The standard InChI is InChI=1S/C10H16ClN3/c1-7(12)5-8-3-2-4-10-13-6-9(11)14(8)10/h6-8H,2-5,12H2,1H3. The van der Waals surface area contributed by atoms with E-state index in [0.717, 1.165) is 23.8 Å². The smallest absolute Gasteiger partial charge is 0.129 e. The van der Waals surface area contributed by atoms with Crippen LogP contribution in [0.15, 0.2) is 6.20 Å². The first kappa shape index (κ1) is 9.99. The van der Waals surface area contributed by atoms with E-state index in [2.05, 4.69) is 9.55 Å². The number of hydrogen-bond donors (Lipinski definition) is 1. The highest BCUT2D eigenvalue weighted by Crippen LogP contribution is 2.31. The van der Waals surface area contributed by atoms with Crippen molar-refractivity contribution in [1.29, 1.82) is 0 Å². The van der Waals surface area contributed by atoms with Gasteiger partial charge in [0.25, 0.3) is 0 Å². The monoisotopic (exact) mass is 213 g/mol. The maximum absolute atomic E-state index is 6.10. The molecule has 0 bridgehead atoms. The highest BCUT2D eigenvalue weighted by atomic mass is 35.5. The normalized spacial score (nSPS) is 23.2. The van der Waals surface area contributed by atoms with Gasteiger partial charge in [-0.2, -0.15) is 0 Å². The van der Waals surface area contributed by atoms with Crippen molar-refractivity contribution in [3.8, 4) is 0 Å². The van der Waals surface area contributed by atoms with E-state index in [1.165, 1.54) is 12.8 Å². The molecule has 4 heteroatoms. The second kappa shape index (κ2) is 3.91. The van der Waals surface area contributed by atoms with Crippen LogP contribution in [0.2, 0.25) is 5.15 Å². The number of hydrogen-bond acceptors (Lipinski definition) is 2. The molecule has 0 saturated heterocycles. The Bertz CT molecular complexity index is 319. The van der Waals surface area contributed by atoms with Crippen LogP contribution in [0.25, 0.3) is 0 Å². The van der Waals surface area contributed by atoms with E-state index in [-0.39, 0.29) is 6.04 Å². The summed E-state index contributed by atoms with van der Waals surface area (Å²) in [6, 6.07) is 0.679. The summed E-state index contributed by atoms with van der Waals surface area (Å²) in [6.07, 6.45) is 6.15. The summed E-state index contributed by atoms with van der Waals surface area (Å²) >= 11 is 6.10. The molecule has 0 amide bonds. The molecule has 1 aromatic rings. The van der Waals surface area contributed by atoms with Gasteiger partial charge in [0.15, 0.2) is 0 Å². The Hall–Kier alpha value is -0.540. The summed E-state index contributed by atoms with van der Waals surface area (Å²) in [6.45, 7) is 2.04. The Kier molecular flexibility index (Phi) is 2.79. The molecule has 2 atom stereocenters. The van der Waals surface area contributed by atoms with Crippen molar-refractivity contribution in [1.82, 2.24) is 9.55 Å². The number of imidazole rings is 1. The highest BCUT2D eigenvalue weighted by Gasteiger charge is 2.23. The number of nitrogens with two attached hydrogens (primary N) is 1. The molecule has 0 aromatic carbocycles. The lowest BCUT2D eigenvalue weighted by Gasteiger charge is -2.27. The van der Waals surface area contributed by atoms with Crippen molar-refractivity contribution in [2.24, 2.45) is 5.73 Å². The summed E-state index contributed by atoms with van der Waals surface area (Å²) in [5, 5.41) is 0.755. The van der Waals surface area contributed by atoms with E-state index in [9.17, 15) is 0 Å². The molecule has 2 N–H and O–H groups in total. The van der Waals surface area contributed by atoms with Gasteiger partial charge in [-0.25, -0.2) is 4.98 Å². The quantitative estimate of drug-likeness (QED) is 0.818. The Morgan fingerprint density at radius 2 is 2.57 bits per heavy atom. The first-order chi connectivity index (χ1) is 6.68. The molecular weight excluding hydrogens is 198 g/mol. The van der Waals surface area contributed by atoms with E-state index >= 15 is 0 Å². The maximum Gasteiger partial charge on any atom is 0.129 e. The number of aromatic nitrogens is 2. The van der Waals surface area contributed by atoms with E-state index in [1.54, 1.807) is 6.20 Å². The fourth-order valence-electron chi connectivity index (χ4n) is 2.22. The van der Waals surface area contributed by atoms with E-state index in [1.807, 2.05) is 6.92 Å². The van der Waals surface area contributed by atoms with Crippen LogP contribution in [0.4, 0.5) is 0 Å². The van der Waals surface area contributed by atoms with Crippen LogP contribution < -0.4 is 5.73 Å². The zero-order valence-electron chi connectivity index (χ0n) is 8.41. The van der Waals surface area contributed by atoms with Crippen molar-refractivity contribution < 1.29 is 0 Å². The molecule has 1 aromatic heterocycles. The van der Waals surface area contributed by atoms with Gasteiger partial charge in [0.05, 0.1) is 6.20 Å². The third-order valence-electron chi connectivity index (χ3n) is 2.78. The van der Waals surface area contributed by atoms with Crippen molar-refractivity contribution in [2.45, 2.75) is 44.7 Å². The van der Waals surface area contributed by atoms with Crippen molar-refractivity contribution >= 4 is 11.6 Å². The summed E-state index contributed by atoms with van der Waals surface area (Å²) in [4.78, 5) is 4.30. The average molecular weight is 214 g/mol. The van der Waals surface area contributed by atoms with Crippen LogP contribution in [-0.2, 0) is 6.42 Å². The molecule has 14 heavy (non-hydrogen) atoms. The van der Waals surface area contributed by atoms with Crippen molar-refractivity contribution in [3.05, 3.63) is 17.2 Å². The molecule has 0 saturated carbocycles. The van der Waals surface area contributed by atoms with Gasteiger partial charge in [-0.05, 0) is 26.2 Å². The van der Waals surface area contributed by atoms with Crippen LogP contribution in [-0.4, -0.2) is 15.6 Å². The first-order valence-electron chi connectivity index (χ1n) is 5.15. The van der Waals surface area contributed by atoms with E-state index in [0.29, 0.717) is 6.04 Å². The number of nitrogens with zero attached hydrogens (tertiary/aromatic N) is 2. The fourth-order valence-corrected chi connectivity index (χ4v) is 2.51. The number of halogens is 1. The Morgan fingerprint density at radius 3 is 3.29 bits per heavy atom. The number of aryl methyl sites for hydroxylation is 1. The molecule has 0 spiro atoms. The first-order valence-corrected chi connectivity index (χ1v) is 5.53. The van der Waals surface area contributed by atoms with Crippen LogP contribution in [0, 0.1) is 0 Å². The molecule has 0 radical (unpaired) electrons. The van der Waals surface area contributed by atoms with Gasteiger partial charge in [0, 0.05) is 18.5 Å². The predicted molar refractivity (Wildman–Crippen MR) is 57.5 cm³/mol. The third kappa shape index (κ3) is 1.79. The number of rotatable bonds is 2. The van der Waals surface area contributed by atoms with Crippen molar-refractivity contribution in [2.75, 3.05) is 0 Å². The van der Waals surface area contributed by atoms with Gasteiger partial charge in [-0.15, -0.1) is 0 Å². The van der Waals surface area contributed by atoms with Crippen LogP contribution in [0.1, 0.15) is 38.1 Å². The SMILES string of the molecule is CC(N)CC1CCCc2ncc(Cl)n21.